The van der Waals surface area contributed by atoms with Crippen molar-refractivity contribution in [2.75, 3.05) is 5.32 Å². The zero-order chi connectivity index (χ0) is 21.3. The molecule has 5 aromatic rings. The monoisotopic (exact) mass is 424 g/mol. The summed E-state index contributed by atoms with van der Waals surface area (Å²) in [6.45, 7) is 0.724. The number of anilines is 1. The highest BCUT2D eigenvalue weighted by Gasteiger charge is 2.24. The van der Waals surface area contributed by atoms with Gasteiger partial charge in [-0.2, -0.15) is 5.10 Å². The Kier molecular flexibility index (Phi) is 4.71. The van der Waals surface area contributed by atoms with Crippen LogP contribution in [0.4, 0.5) is 5.69 Å². The molecule has 0 bridgehead atoms. The molecule has 0 radical (unpaired) electrons. The predicted octanol–water partition coefficient (Wildman–Crippen LogP) is 5.15. The number of aryl methyl sites for hydroxylation is 2. The normalized spacial score (nSPS) is 13.6. The van der Waals surface area contributed by atoms with Gasteiger partial charge in [-0.05, 0) is 42.2 Å². The maximum Gasteiger partial charge on any atom is 0.179 e. The number of benzene rings is 1. The lowest BCUT2D eigenvalue weighted by molar-refractivity contribution is 0.507. The van der Waals surface area contributed by atoms with E-state index in [9.17, 15) is 0 Å². The van der Waals surface area contributed by atoms with E-state index in [1.807, 2.05) is 24.4 Å². The Hall–Kier alpha value is -3.87. The van der Waals surface area contributed by atoms with Gasteiger partial charge in [-0.25, -0.2) is 9.97 Å². The number of H-pyrrole nitrogens is 1. The van der Waals surface area contributed by atoms with Gasteiger partial charge in [0, 0.05) is 37.3 Å². The maximum atomic E-state index is 5.42. The summed E-state index contributed by atoms with van der Waals surface area (Å²) in [6.07, 6.45) is 11.7. The molecule has 1 aliphatic rings. The van der Waals surface area contributed by atoms with Crippen molar-refractivity contribution in [3.8, 4) is 11.1 Å². The summed E-state index contributed by atoms with van der Waals surface area (Å²) < 4.78 is 7.51. The molecule has 0 unspecified atom stereocenters. The van der Waals surface area contributed by atoms with Crippen LogP contribution in [0.25, 0.3) is 22.3 Å². The van der Waals surface area contributed by atoms with Gasteiger partial charge >= 0.3 is 0 Å². The van der Waals surface area contributed by atoms with Gasteiger partial charge in [-0.3, -0.25) is 4.68 Å². The summed E-state index contributed by atoms with van der Waals surface area (Å²) in [6, 6.07) is 15.1. The molecule has 4 aromatic heterocycles. The molecular formula is C25H24N6O. The number of hydrogen-bond acceptors (Lipinski definition) is 5. The standard InChI is InChI=1S/C25H24N6O/c1-2-21(32-13-1)9-10-23-29-24-22(11-12-26-25(24)30-23)27-14-17-3-5-18(6-4-17)19-15-28-31(16-19)20-7-8-20/h1-6,11-13,15-16,20H,7-10,14H2,(H2,26,27,29,30). The molecule has 0 amide bonds. The van der Waals surface area contributed by atoms with Crippen LogP contribution in [0.5, 0.6) is 0 Å². The number of nitrogens with one attached hydrogen (secondary N) is 2. The van der Waals surface area contributed by atoms with E-state index < -0.39 is 0 Å². The molecule has 7 nitrogen and oxygen atoms in total. The third-order valence-corrected chi connectivity index (χ3v) is 5.92. The molecule has 7 heteroatoms. The first-order valence-corrected chi connectivity index (χ1v) is 11.1. The quantitative estimate of drug-likeness (QED) is 0.360. The summed E-state index contributed by atoms with van der Waals surface area (Å²) >= 11 is 0. The number of nitrogens with zero attached hydrogens (tertiary/aromatic N) is 4. The zero-order valence-corrected chi connectivity index (χ0v) is 17.7. The number of fused-ring (bicyclic) bond motifs is 1. The lowest BCUT2D eigenvalue weighted by Gasteiger charge is -2.08. The predicted molar refractivity (Wildman–Crippen MR) is 123 cm³/mol. The summed E-state index contributed by atoms with van der Waals surface area (Å²) in [4.78, 5) is 12.5. The lowest BCUT2D eigenvalue weighted by Crippen LogP contribution is -2.00. The van der Waals surface area contributed by atoms with Crippen molar-refractivity contribution >= 4 is 16.9 Å². The maximum absolute atomic E-state index is 5.42. The molecule has 2 N–H and O–H groups in total. The number of aromatic amines is 1. The van der Waals surface area contributed by atoms with Crippen LogP contribution in [-0.2, 0) is 19.4 Å². The van der Waals surface area contributed by atoms with E-state index in [0.29, 0.717) is 6.04 Å². The summed E-state index contributed by atoms with van der Waals surface area (Å²) in [5.41, 5.74) is 6.25. The molecular weight excluding hydrogens is 400 g/mol. The van der Waals surface area contributed by atoms with Gasteiger partial charge in [0.25, 0.3) is 0 Å². The average Bonchev–Trinajstić information content (AvgIpc) is 3.22. The summed E-state index contributed by atoms with van der Waals surface area (Å²) in [7, 11) is 0. The Bertz CT molecular complexity index is 1330. The number of furan rings is 1. The zero-order valence-electron chi connectivity index (χ0n) is 17.7. The van der Waals surface area contributed by atoms with Crippen molar-refractivity contribution in [3.05, 3.63) is 84.5 Å². The molecule has 6 rings (SSSR count). The fourth-order valence-corrected chi connectivity index (χ4v) is 3.96. The Morgan fingerprint density at radius 1 is 1.06 bits per heavy atom. The molecule has 1 aromatic carbocycles. The molecule has 1 aliphatic carbocycles. The van der Waals surface area contributed by atoms with Gasteiger partial charge in [-0.15, -0.1) is 0 Å². The van der Waals surface area contributed by atoms with Gasteiger partial charge in [0.2, 0.25) is 0 Å². The van der Waals surface area contributed by atoms with E-state index in [0.717, 1.165) is 47.8 Å². The van der Waals surface area contributed by atoms with Crippen LogP contribution in [0.3, 0.4) is 0 Å². The van der Waals surface area contributed by atoms with Gasteiger partial charge in [-0.1, -0.05) is 24.3 Å². The lowest BCUT2D eigenvalue weighted by atomic mass is 10.1. The van der Waals surface area contributed by atoms with Crippen LogP contribution >= 0.6 is 0 Å². The molecule has 0 aliphatic heterocycles. The molecule has 1 fully saturated rings. The highest BCUT2D eigenvalue weighted by atomic mass is 16.3. The van der Waals surface area contributed by atoms with E-state index in [1.54, 1.807) is 12.5 Å². The van der Waals surface area contributed by atoms with E-state index in [4.69, 9.17) is 4.42 Å². The van der Waals surface area contributed by atoms with E-state index >= 15 is 0 Å². The van der Waals surface area contributed by atoms with Gasteiger partial charge in [0.05, 0.1) is 24.2 Å². The summed E-state index contributed by atoms with van der Waals surface area (Å²) in [5.74, 6) is 1.87. The molecule has 0 spiro atoms. The van der Waals surface area contributed by atoms with Crippen LogP contribution in [0.15, 0.2) is 71.7 Å². The second-order valence-corrected chi connectivity index (χ2v) is 8.31. The van der Waals surface area contributed by atoms with Crippen LogP contribution in [-0.4, -0.2) is 24.7 Å². The van der Waals surface area contributed by atoms with Gasteiger partial charge < -0.3 is 14.7 Å². The van der Waals surface area contributed by atoms with Crippen molar-refractivity contribution in [2.45, 2.75) is 38.3 Å². The SMILES string of the molecule is c1coc(CCc2nc3nccc(NCc4ccc(-c5cnn(C6CC6)c5)cc4)c3[nH]2)c1. The van der Waals surface area contributed by atoms with Crippen LogP contribution in [0, 0.1) is 0 Å². The Balaban J connectivity index is 1.13. The number of pyridine rings is 1. The van der Waals surface area contributed by atoms with Crippen molar-refractivity contribution < 1.29 is 4.42 Å². The fourth-order valence-electron chi connectivity index (χ4n) is 3.96. The first-order chi connectivity index (χ1) is 15.8. The fraction of sp³-hybridized carbons (Fsp3) is 0.240. The summed E-state index contributed by atoms with van der Waals surface area (Å²) in [5, 5.41) is 8.02. The molecule has 1 saturated carbocycles. The van der Waals surface area contributed by atoms with Crippen LogP contribution in [0.2, 0.25) is 0 Å². The first-order valence-electron chi connectivity index (χ1n) is 11.1. The Labute approximate surface area is 185 Å². The minimum atomic E-state index is 0.609. The van der Waals surface area contributed by atoms with Crippen molar-refractivity contribution in [3.63, 3.8) is 0 Å². The van der Waals surface area contributed by atoms with Gasteiger partial charge in [0.15, 0.2) is 5.65 Å². The molecule has 0 saturated heterocycles. The third-order valence-electron chi connectivity index (χ3n) is 5.92. The first kappa shape index (κ1) is 18.9. The van der Waals surface area contributed by atoms with Gasteiger partial charge in [0.1, 0.15) is 17.1 Å². The minimum Gasteiger partial charge on any atom is -0.469 e. The van der Waals surface area contributed by atoms with Crippen LogP contribution in [0.1, 0.15) is 36.0 Å². The number of imidazole rings is 1. The number of aromatic nitrogens is 5. The Morgan fingerprint density at radius 3 is 2.78 bits per heavy atom. The second-order valence-electron chi connectivity index (χ2n) is 8.31. The largest absolute Gasteiger partial charge is 0.469 e. The highest BCUT2D eigenvalue weighted by Crippen LogP contribution is 2.35. The van der Waals surface area contributed by atoms with Crippen molar-refractivity contribution in [1.82, 2.24) is 24.7 Å². The molecule has 32 heavy (non-hydrogen) atoms. The van der Waals surface area contributed by atoms with Crippen molar-refractivity contribution in [2.24, 2.45) is 0 Å². The molecule has 4 heterocycles. The number of hydrogen-bond donors (Lipinski definition) is 2. The Morgan fingerprint density at radius 2 is 1.97 bits per heavy atom. The third kappa shape index (κ3) is 3.89. The second kappa shape index (κ2) is 8.00. The molecule has 0 atom stereocenters. The number of rotatable bonds is 8. The average molecular weight is 425 g/mol. The van der Waals surface area contributed by atoms with E-state index in [2.05, 4.69) is 60.5 Å². The topological polar surface area (TPSA) is 84.6 Å². The van der Waals surface area contributed by atoms with Crippen LogP contribution < -0.4 is 5.32 Å². The van der Waals surface area contributed by atoms with Crippen molar-refractivity contribution in [1.29, 1.82) is 0 Å². The van der Waals surface area contributed by atoms with E-state index in [-0.39, 0.29) is 0 Å². The molecule has 160 valence electrons. The highest BCUT2D eigenvalue weighted by molar-refractivity contribution is 5.85. The smallest absolute Gasteiger partial charge is 0.179 e. The van der Waals surface area contributed by atoms with E-state index in [1.165, 1.54) is 29.5 Å². The minimum absolute atomic E-state index is 0.609.